The summed E-state index contributed by atoms with van der Waals surface area (Å²) in [5.41, 5.74) is 2.00. The Hall–Kier alpha value is -2.18. The molecule has 130 valence electrons. The van der Waals surface area contributed by atoms with Crippen LogP contribution in [-0.4, -0.2) is 26.3 Å². The van der Waals surface area contributed by atoms with E-state index in [1.165, 1.54) is 4.90 Å². The Kier molecular flexibility index (Phi) is 5.83. The maximum Gasteiger partial charge on any atom is 0.170 e. The summed E-state index contributed by atoms with van der Waals surface area (Å²) in [6.07, 6.45) is 0. The second-order valence-corrected chi connectivity index (χ2v) is 7.06. The van der Waals surface area contributed by atoms with Crippen LogP contribution in [0.15, 0.2) is 52.7 Å². The van der Waals surface area contributed by atoms with E-state index in [0.29, 0.717) is 11.5 Å². The zero-order valence-electron chi connectivity index (χ0n) is 14.3. The molecule has 0 radical (unpaired) electrons. The van der Waals surface area contributed by atoms with Gasteiger partial charge in [0.1, 0.15) is 10.8 Å². The number of para-hydroxylation sites is 1. The third kappa shape index (κ3) is 4.08. The zero-order chi connectivity index (χ0) is 17.6. The summed E-state index contributed by atoms with van der Waals surface area (Å²) < 4.78 is 16.1. The number of rotatable bonds is 7. The molecule has 1 aromatic heterocycles. The smallest absolute Gasteiger partial charge is 0.170 e. The summed E-state index contributed by atoms with van der Waals surface area (Å²) in [6.45, 7) is 0. The number of benzene rings is 2. The lowest BCUT2D eigenvalue weighted by Crippen LogP contribution is -1.93. The highest BCUT2D eigenvalue weighted by Gasteiger charge is 2.14. The summed E-state index contributed by atoms with van der Waals surface area (Å²) in [6, 6.07) is 13.9. The van der Waals surface area contributed by atoms with Gasteiger partial charge in [-0.25, -0.2) is 4.98 Å². The maximum atomic E-state index is 5.51. The molecule has 0 amide bonds. The molecule has 0 bridgehead atoms. The molecule has 3 rings (SSSR count). The average Bonchev–Trinajstić information content (AvgIpc) is 3.14. The Morgan fingerprint density at radius 1 is 0.960 bits per heavy atom. The van der Waals surface area contributed by atoms with Crippen molar-refractivity contribution in [3.05, 3.63) is 53.5 Å². The highest BCUT2D eigenvalue weighted by Crippen LogP contribution is 2.39. The van der Waals surface area contributed by atoms with Crippen LogP contribution in [0.2, 0.25) is 0 Å². The van der Waals surface area contributed by atoms with E-state index in [9.17, 15) is 0 Å². The van der Waals surface area contributed by atoms with Crippen molar-refractivity contribution in [2.75, 3.05) is 21.3 Å². The van der Waals surface area contributed by atoms with Crippen molar-refractivity contribution in [3.63, 3.8) is 0 Å². The van der Waals surface area contributed by atoms with Crippen molar-refractivity contribution < 1.29 is 14.2 Å². The van der Waals surface area contributed by atoms with Gasteiger partial charge in [0.05, 0.1) is 32.6 Å². The van der Waals surface area contributed by atoms with Crippen LogP contribution < -0.4 is 14.2 Å². The Labute approximate surface area is 155 Å². The molecule has 6 heteroatoms. The predicted molar refractivity (Wildman–Crippen MR) is 103 cm³/mol. The number of hydrogen-bond donors (Lipinski definition) is 0. The standard InChI is InChI=1S/C19H19NO3S2/c1-21-14-7-9-15(10-8-14)24-11-13-12-25-19(20-13)16-5-4-6-17(22-2)18(16)23-3/h4-10,12H,11H2,1-3H3. The van der Waals surface area contributed by atoms with E-state index in [0.717, 1.165) is 27.8 Å². The van der Waals surface area contributed by atoms with Crippen molar-refractivity contribution in [1.82, 2.24) is 4.98 Å². The first kappa shape index (κ1) is 17.6. The van der Waals surface area contributed by atoms with Gasteiger partial charge in [0.25, 0.3) is 0 Å². The molecule has 1 heterocycles. The molecule has 4 nitrogen and oxygen atoms in total. The fourth-order valence-corrected chi connectivity index (χ4v) is 4.12. The van der Waals surface area contributed by atoms with E-state index in [2.05, 4.69) is 17.5 Å². The van der Waals surface area contributed by atoms with Crippen LogP contribution in [0.4, 0.5) is 0 Å². The Balaban J connectivity index is 1.74. The topological polar surface area (TPSA) is 40.6 Å². The monoisotopic (exact) mass is 373 g/mol. The Morgan fingerprint density at radius 2 is 1.76 bits per heavy atom. The normalized spacial score (nSPS) is 10.5. The summed E-state index contributed by atoms with van der Waals surface area (Å²) >= 11 is 3.36. The van der Waals surface area contributed by atoms with Crippen molar-refractivity contribution in [1.29, 1.82) is 0 Å². The van der Waals surface area contributed by atoms with Gasteiger partial charge in [-0.1, -0.05) is 6.07 Å². The van der Waals surface area contributed by atoms with Gasteiger partial charge in [-0.15, -0.1) is 23.1 Å². The first-order valence-electron chi connectivity index (χ1n) is 7.67. The van der Waals surface area contributed by atoms with E-state index >= 15 is 0 Å². The molecule has 0 saturated carbocycles. The molecule has 0 atom stereocenters. The van der Waals surface area contributed by atoms with Gasteiger partial charge in [-0.3, -0.25) is 0 Å². The lowest BCUT2D eigenvalue weighted by atomic mass is 10.2. The van der Waals surface area contributed by atoms with Gasteiger partial charge >= 0.3 is 0 Å². The van der Waals surface area contributed by atoms with Gasteiger partial charge in [0.2, 0.25) is 0 Å². The van der Waals surface area contributed by atoms with Crippen LogP contribution >= 0.6 is 23.1 Å². The highest BCUT2D eigenvalue weighted by atomic mass is 32.2. The van der Waals surface area contributed by atoms with E-state index in [4.69, 9.17) is 19.2 Å². The SMILES string of the molecule is COc1ccc(SCc2csc(-c3cccc(OC)c3OC)n2)cc1. The summed E-state index contributed by atoms with van der Waals surface area (Å²) in [5.74, 6) is 3.11. The lowest BCUT2D eigenvalue weighted by Gasteiger charge is -2.10. The van der Waals surface area contributed by atoms with Crippen LogP contribution in [-0.2, 0) is 5.75 Å². The summed E-state index contributed by atoms with van der Waals surface area (Å²) in [4.78, 5) is 5.94. The molecule has 0 unspecified atom stereocenters. The molecular formula is C19H19NO3S2. The molecule has 0 saturated heterocycles. The second kappa shape index (κ2) is 8.27. The summed E-state index contributed by atoms with van der Waals surface area (Å²) in [5, 5.41) is 3.02. The van der Waals surface area contributed by atoms with Crippen LogP contribution in [0.5, 0.6) is 17.2 Å². The number of ether oxygens (including phenoxy) is 3. The van der Waals surface area contributed by atoms with E-state index in [-0.39, 0.29) is 0 Å². The average molecular weight is 373 g/mol. The minimum absolute atomic E-state index is 0.712. The highest BCUT2D eigenvalue weighted by molar-refractivity contribution is 7.98. The minimum atomic E-state index is 0.712. The molecule has 0 fully saturated rings. The van der Waals surface area contributed by atoms with Gasteiger partial charge in [0, 0.05) is 16.0 Å². The van der Waals surface area contributed by atoms with E-state index < -0.39 is 0 Å². The first-order chi connectivity index (χ1) is 12.2. The molecule has 25 heavy (non-hydrogen) atoms. The molecule has 0 aliphatic rings. The van der Waals surface area contributed by atoms with Crippen LogP contribution in [0.1, 0.15) is 5.69 Å². The van der Waals surface area contributed by atoms with Crippen LogP contribution in [0.3, 0.4) is 0 Å². The third-order valence-corrected chi connectivity index (χ3v) is 5.60. The predicted octanol–water partition coefficient (Wildman–Crippen LogP) is 5.13. The van der Waals surface area contributed by atoms with Crippen molar-refractivity contribution in [2.24, 2.45) is 0 Å². The van der Waals surface area contributed by atoms with E-state index in [1.807, 2.05) is 30.3 Å². The number of methoxy groups -OCH3 is 3. The van der Waals surface area contributed by atoms with Crippen LogP contribution in [0, 0.1) is 0 Å². The summed E-state index contributed by atoms with van der Waals surface area (Å²) in [7, 11) is 4.96. The minimum Gasteiger partial charge on any atom is -0.497 e. The van der Waals surface area contributed by atoms with Crippen molar-refractivity contribution in [3.8, 4) is 27.8 Å². The van der Waals surface area contributed by atoms with Gasteiger partial charge in [0.15, 0.2) is 11.5 Å². The van der Waals surface area contributed by atoms with Gasteiger partial charge in [-0.2, -0.15) is 0 Å². The molecule has 0 N–H and O–H groups in total. The molecule has 0 aliphatic carbocycles. The molecule has 0 aliphatic heterocycles. The first-order valence-corrected chi connectivity index (χ1v) is 9.54. The van der Waals surface area contributed by atoms with Crippen molar-refractivity contribution in [2.45, 2.75) is 10.6 Å². The number of hydrogen-bond acceptors (Lipinski definition) is 6. The molecule has 0 spiro atoms. The second-order valence-electron chi connectivity index (χ2n) is 5.15. The fourth-order valence-electron chi connectivity index (χ4n) is 2.38. The molecular weight excluding hydrogens is 354 g/mol. The quantitative estimate of drug-likeness (QED) is 0.537. The van der Waals surface area contributed by atoms with Crippen molar-refractivity contribution >= 4 is 23.1 Å². The fraction of sp³-hybridized carbons (Fsp3) is 0.211. The molecule has 2 aromatic carbocycles. The van der Waals surface area contributed by atoms with Crippen LogP contribution in [0.25, 0.3) is 10.6 Å². The van der Waals surface area contributed by atoms with Gasteiger partial charge < -0.3 is 14.2 Å². The lowest BCUT2D eigenvalue weighted by molar-refractivity contribution is 0.356. The largest absolute Gasteiger partial charge is 0.497 e. The number of nitrogens with zero attached hydrogens (tertiary/aromatic N) is 1. The Morgan fingerprint density at radius 3 is 2.44 bits per heavy atom. The number of thiazole rings is 1. The third-order valence-electron chi connectivity index (χ3n) is 3.63. The zero-order valence-corrected chi connectivity index (χ0v) is 15.9. The maximum absolute atomic E-state index is 5.51. The van der Waals surface area contributed by atoms with Gasteiger partial charge in [-0.05, 0) is 36.4 Å². The molecule has 3 aromatic rings. The number of aromatic nitrogens is 1. The Bertz CT molecular complexity index is 831. The van der Waals surface area contributed by atoms with E-state index in [1.54, 1.807) is 44.4 Å². The number of thioether (sulfide) groups is 1.